The SMILES string of the molecule is CCC(NC(=O)c1c(N)c(C)nn1C)c1ccccc1. The molecule has 0 aliphatic rings. The molecular weight excluding hydrogens is 252 g/mol. The van der Waals surface area contributed by atoms with Crippen molar-refractivity contribution in [2.24, 2.45) is 7.05 Å². The van der Waals surface area contributed by atoms with Crippen molar-refractivity contribution in [1.29, 1.82) is 0 Å². The van der Waals surface area contributed by atoms with Crippen molar-refractivity contribution in [3.8, 4) is 0 Å². The number of amides is 1. The minimum absolute atomic E-state index is 0.0293. The molecule has 1 heterocycles. The van der Waals surface area contributed by atoms with Crippen molar-refractivity contribution in [2.75, 3.05) is 5.73 Å². The van der Waals surface area contributed by atoms with Gasteiger partial charge in [0, 0.05) is 7.05 Å². The van der Waals surface area contributed by atoms with Crippen molar-refractivity contribution in [2.45, 2.75) is 26.3 Å². The van der Waals surface area contributed by atoms with Crippen LogP contribution in [0.2, 0.25) is 0 Å². The molecule has 1 aromatic carbocycles. The molecule has 0 spiro atoms. The minimum atomic E-state index is -0.193. The van der Waals surface area contributed by atoms with E-state index >= 15 is 0 Å². The Labute approximate surface area is 118 Å². The number of anilines is 1. The summed E-state index contributed by atoms with van der Waals surface area (Å²) in [6.07, 6.45) is 0.812. The molecule has 0 bridgehead atoms. The summed E-state index contributed by atoms with van der Waals surface area (Å²) >= 11 is 0. The van der Waals surface area contributed by atoms with Crippen LogP contribution in [0.1, 0.15) is 41.1 Å². The predicted octanol–water partition coefficient (Wildman–Crippen LogP) is 2.19. The summed E-state index contributed by atoms with van der Waals surface area (Å²) < 4.78 is 1.53. The van der Waals surface area contributed by atoms with Crippen molar-refractivity contribution < 1.29 is 4.79 Å². The van der Waals surface area contributed by atoms with Gasteiger partial charge in [-0.05, 0) is 18.9 Å². The van der Waals surface area contributed by atoms with Crippen molar-refractivity contribution in [3.63, 3.8) is 0 Å². The Morgan fingerprint density at radius 3 is 2.55 bits per heavy atom. The zero-order chi connectivity index (χ0) is 14.7. The number of nitrogens with two attached hydrogens (primary N) is 1. The van der Waals surface area contributed by atoms with Gasteiger partial charge in [-0.2, -0.15) is 5.10 Å². The molecule has 2 aromatic rings. The molecule has 3 N–H and O–H groups in total. The number of aryl methyl sites for hydroxylation is 2. The second-order valence-electron chi connectivity index (χ2n) is 4.82. The van der Waals surface area contributed by atoms with E-state index in [0.717, 1.165) is 12.0 Å². The monoisotopic (exact) mass is 272 g/mol. The number of carbonyl (C=O) groups is 1. The first-order chi connectivity index (χ1) is 9.54. The topological polar surface area (TPSA) is 72.9 Å². The Morgan fingerprint density at radius 2 is 2.05 bits per heavy atom. The van der Waals surface area contributed by atoms with Crippen molar-refractivity contribution >= 4 is 11.6 Å². The van der Waals surface area contributed by atoms with Crippen LogP contribution >= 0.6 is 0 Å². The van der Waals surface area contributed by atoms with Gasteiger partial charge < -0.3 is 11.1 Å². The molecule has 0 aliphatic carbocycles. The summed E-state index contributed by atoms with van der Waals surface area (Å²) in [5.74, 6) is -0.193. The van der Waals surface area contributed by atoms with E-state index in [1.165, 1.54) is 4.68 Å². The van der Waals surface area contributed by atoms with E-state index in [1.807, 2.05) is 37.3 Å². The molecule has 1 unspecified atom stereocenters. The van der Waals surface area contributed by atoms with Gasteiger partial charge in [0.25, 0.3) is 5.91 Å². The standard InChI is InChI=1S/C15H20N4O/c1-4-12(11-8-6-5-7-9-11)17-15(20)14-13(16)10(2)18-19(14)3/h5-9,12H,4,16H2,1-3H3,(H,17,20). The average molecular weight is 272 g/mol. The summed E-state index contributed by atoms with van der Waals surface area (Å²) in [6.45, 7) is 3.83. The Hall–Kier alpha value is -2.30. The number of nitrogens with zero attached hydrogens (tertiary/aromatic N) is 2. The van der Waals surface area contributed by atoms with Crippen molar-refractivity contribution in [1.82, 2.24) is 15.1 Å². The fourth-order valence-electron chi connectivity index (χ4n) is 2.28. The lowest BCUT2D eigenvalue weighted by Gasteiger charge is -2.17. The van der Waals surface area contributed by atoms with Crippen LogP contribution in [0.15, 0.2) is 30.3 Å². The van der Waals surface area contributed by atoms with Gasteiger partial charge >= 0.3 is 0 Å². The lowest BCUT2D eigenvalue weighted by Crippen LogP contribution is -2.30. The maximum Gasteiger partial charge on any atom is 0.272 e. The average Bonchev–Trinajstić information content (AvgIpc) is 2.70. The van der Waals surface area contributed by atoms with Gasteiger partial charge in [0.2, 0.25) is 0 Å². The molecule has 5 nitrogen and oxygen atoms in total. The predicted molar refractivity (Wildman–Crippen MR) is 79.3 cm³/mol. The first-order valence-electron chi connectivity index (χ1n) is 6.69. The van der Waals surface area contributed by atoms with E-state index in [1.54, 1.807) is 14.0 Å². The summed E-state index contributed by atoms with van der Waals surface area (Å²) in [5, 5.41) is 7.18. The van der Waals surface area contributed by atoms with E-state index < -0.39 is 0 Å². The summed E-state index contributed by atoms with van der Waals surface area (Å²) in [4.78, 5) is 12.4. The van der Waals surface area contributed by atoms with Crippen LogP contribution in [0.4, 0.5) is 5.69 Å². The highest BCUT2D eigenvalue weighted by molar-refractivity contribution is 5.98. The number of aromatic nitrogens is 2. The first-order valence-corrected chi connectivity index (χ1v) is 6.69. The lowest BCUT2D eigenvalue weighted by molar-refractivity contribution is 0.0927. The highest BCUT2D eigenvalue weighted by Gasteiger charge is 2.20. The third-order valence-corrected chi connectivity index (χ3v) is 3.40. The number of rotatable bonds is 4. The van der Waals surface area contributed by atoms with Crippen molar-refractivity contribution in [3.05, 3.63) is 47.3 Å². The van der Waals surface area contributed by atoms with Gasteiger partial charge in [-0.25, -0.2) is 0 Å². The molecule has 1 amide bonds. The number of hydrogen-bond donors (Lipinski definition) is 2. The molecule has 1 atom stereocenters. The highest BCUT2D eigenvalue weighted by Crippen LogP contribution is 2.19. The molecule has 0 fully saturated rings. The summed E-state index contributed by atoms with van der Waals surface area (Å²) in [5.41, 5.74) is 8.52. The first kappa shape index (κ1) is 14.1. The fourth-order valence-corrected chi connectivity index (χ4v) is 2.28. The maximum absolute atomic E-state index is 12.4. The van der Waals surface area contributed by atoms with Crippen LogP contribution in [0.25, 0.3) is 0 Å². The second kappa shape index (κ2) is 5.77. The van der Waals surface area contributed by atoms with E-state index in [4.69, 9.17) is 5.73 Å². The largest absolute Gasteiger partial charge is 0.395 e. The van der Waals surface area contributed by atoms with Crippen LogP contribution in [-0.2, 0) is 7.05 Å². The smallest absolute Gasteiger partial charge is 0.272 e. The van der Waals surface area contributed by atoms with E-state index in [-0.39, 0.29) is 11.9 Å². The van der Waals surface area contributed by atoms with Gasteiger partial charge in [0.05, 0.1) is 17.4 Å². The third kappa shape index (κ3) is 2.66. The zero-order valence-corrected chi connectivity index (χ0v) is 12.1. The normalized spacial score (nSPS) is 12.2. The Balaban J connectivity index is 2.22. The number of nitrogens with one attached hydrogen (secondary N) is 1. The number of nitrogen functional groups attached to an aromatic ring is 1. The lowest BCUT2D eigenvalue weighted by atomic mass is 10.0. The molecule has 2 rings (SSSR count). The van der Waals surface area contributed by atoms with Crippen LogP contribution in [-0.4, -0.2) is 15.7 Å². The molecular formula is C15H20N4O. The summed E-state index contributed by atoms with van der Waals surface area (Å²) in [6, 6.07) is 9.87. The van der Waals surface area contributed by atoms with E-state index in [0.29, 0.717) is 17.1 Å². The molecule has 0 radical (unpaired) electrons. The number of benzene rings is 1. The molecule has 20 heavy (non-hydrogen) atoms. The number of carbonyl (C=O) groups excluding carboxylic acids is 1. The molecule has 1 aromatic heterocycles. The summed E-state index contributed by atoms with van der Waals surface area (Å²) in [7, 11) is 1.72. The van der Waals surface area contributed by atoms with Crippen LogP contribution in [0, 0.1) is 6.92 Å². The van der Waals surface area contributed by atoms with Crippen LogP contribution in [0.5, 0.6) is 0 Å². The molecule has 106 valence electrons. The maximum atomic E-state index is 12.4. The quantitative estimate of drug-likeness (QED) is 0.896. The van der Waals surface area contributed by atoms with E-state index in [2.05, 4.69) is 10.4 Å². The van der Waals surface area contributed by atoms with E-state index in [9.17, 15) is 4.79 Å². The Kier molecular flexibility index (Phi) is 4.08. The fraction of sp³-hybridized carbons (Fsp3) is 0.333. The number of hydrogen-bond acceptors (Lipinski definition) is 3. The Bertz CT molecular complexity index is 604. The van der Waals surface area contributed by atoms with Gasteiger partial charge in [-0.15, -0.1) is 0 Å². The highest BCUT2D eigenvalue weighted by atomic mass is 16.2. The molecule has 5 heteroatoms. The Morgan fingerprint density at radius 1 is 1.40 bits per heavy atom. The second-order valence-corrected chi connectivity index (χ2v) is 4.82. The van der Waals surface area contributed by atoms with Crippen LogP contribution < -0.4 is 11.1 Å². The van der Waals surface area contributed by atoms with Gasteiger partial charge in [0.1, 0.15) is 5.69 Å². The van der Waals surface area contributed by atoms with Gasteiger partial charge in [-0.1, -0.05) is 37.3 Å². The molecule has 0 saturated carbocycles. The van der Waals surface area contributed by atoms with Crippen LogP contribution in [0.3, 0.4) is 0 Å². The molecule has 0 saturated heterocycles. The minimum Gasteiger partial charge on any atom is -0.395 e. The molecule has 0 aliphatic heterocycles. The van der Waals surface area contributed by atoms with Gasteiger partial charge in [-0.3, -0.25) is 9.48 Å². The third-order valence-electron chi connectivity index (χ3n) is 3.40. The zero-order valence-electron chi connectivity index (χ0n) is 12.1. The van der Waals surface area contributed by atoms with Gasteiger partial charge in [0.15, 0.2) is 0 Å².